The van der Waals surface area contributed by atoms with E-state index in [0.717, 1.165) is 25.8 Å². The molecule has 0 aliphatic carbocycles. The Kier molecular flexibility index (Phi) is 6.36. The summed E-state index contributed by atoms with van der Waals surface area (Å²) in [5.74, 6) is 0.298. The van der Waals surface area contributed by atoms with Crippen molar-refractivity contribution >= 4 is 40.6 Å². The third kappa shape index (κ3) is 5.14. The highest BCUT2D eigenvalue weighted by Gasteiger charge is 2.33. The van der Waals surface area contributed by atoms with Gasteiger partial charge in [0.05, 0.1) is 6.54 Å². The molecule has 1 saturated heterocycles. The second-order valence-corrected chi connectivity index (χ2v) is 8.57. The number of halogens is 1. The molecule has 1 aliphatic rings. The molecule has 3 aromatic rings. The highest BCUT2D eigenvalue weighted by molar-refractivity contribution is 14.1. The van der Waals surface area contributed by atoms with E-state index in [0.29, 0.717) is 12.4 Å². The largest absolute Gasteiger partial charge is 0.488 e. The molecule has 0 atom stereocenters. The number of imide groups is 1. The van der Waals surface area contributed by atoms with Crippen molar-refractivity contribution in [1.29, 1.82) is 0 Å². The zero-order valence-corrected chi connectivity index (χ0v) is 19.1. The van der Waals surface area contributed by atoms with Crippen molar-refractivity contribution in [1.82, 2.24) is 10.2 Å². The van der Waals surface area contributed by atoms with Gasteiger partial charge in [0.1, 0.15) is 18.1 Å². The molecule has 156 valence electrons. The van der Waals surface area contributed by atoms with Crippen LogP contribution in [0.25, 0.3) is 6.08 Å². The maximum atomic E-state index is 12.9. The van der Waals surface area contributed by atoms with E-state index in [4.69, 9.17) is 4.74 Å². The second kappa shape index (κ2) is 9.34. The fourth-order valence-electron chi connectivity index (χ4n) is 3.34. The first-order chi connectivity index (χ1) is 15.0. The van der Waals surface area contributed by atoms with Crippen LogP contribution in [-0.4, -0.2) is 16.8 Å². The van der Waals surface area contributed by atoms with Crippen LogP contribution in [0, 0.1) is 10.5 Å². The molecular formula is C25H21IN2O3. The summed E-state index contributed by atoms with van der Waals surface area (Å²) in [6.07, 6.45) is 1.67. The Balaban J connectivity index is 1.51. The van der Waals surface area contributed by atoms with Crippen molar-refractivity contribution in [3.63, 3.8) is 0 Å². The molecule has 3 amide bonds. The number of amides is 3. The quantitative estimate of drug-likeness (QED) is 0.272. The Bertz CT molecular complexity index is 1160. The summed E-state index contributed by atoms with van der Waals surface area (Å²) in [6, 6.07) is 22.9. The first-order valence-electron chi connectivity index (χ1n) is 9.86. The van der Waals surface area contributed by atoms with Crippen LogP contribution in [0.4, 0.5) is 4.79 Å². The predicted octanol–water partition coefficient (Wildman–Crippen LogP) is 5.27. The monoisotopic (exact) mass is 524 g/mol. The standard InChI is InChI=1S/C25H21IN2O3/c1-17-5-4-6-19(13-17)15-28-24(29)22(27-25(28)30)14-20-7-2-3-8-23(20)31-16-18-9-11-21(26)12-10-18/h2-14H,15-16H2,1H3,(H,27,30)/b22-14+. The topological polar surface area (TPSA) is 58.6 Å². The van der Waals surface area contributed by atoms with E-state index in [1.54, 1.807) is 6.08 Å². The zero-order chi connectivity index (χ0) is 21.8. The summed E-state index contributed by atoms with van der Waals surface area (Å²) in [5.41, 5.74) is 4.01. The fourth-order valence-corrected chi connectivity index (χ4v) is 3.70. The van der Waals surface area contributed by atoms with Crippen LogP contribution in [0.15, 0.2) is 78.5 Å². The summed E-state index contributed by atoms with van der Waals surface area (Å²) in [4.78, 5) is 26.5. The molecular weight excluding hydrogens is 503 g/mol. The summed E-state index contributed by atoms with van der Waals surface area (Å²) >= 11 is 2.26. The molecule has 3 aromatic carbocycles. The Morgan fingerprint density at radius 3 is 2.52 bits per heavy atom. The summed E-state index contributed by atoms with van der Waals surface area (Å²) in [6.45, 7) is 2.62. The predicted molar refractivity (Wildman–Crippen MR) is 128 cm³/mol. The number of rotatable bonds is 6. The number of aryl methyl sites for hydroxylation is 1. The summed E-state index contributed by atoms with van der Waals surface area (Å²) < 4.78 is 7.15. The minimum absolute atomic E-state index is 0.231. The van der Waals surface area contributed by atoms with Gasteiger partial charge >= 0.3 is 6.03 Å². The molecule has 0 aromatic heterocycles. The zero-order valence-electron chi connectivity index (χ0n) is 17.0. The Morgan fingerprint density at radius 1 is 0.968 bits per heavy atom. The lowest BCUT2D eigenvalue weighted by Gasteiger charge is -2.12. The average Bonchev–Trinajstić information content (AvgIpc) is 3.02. The van der Waals surface area contributed by atoms with Gasteiger partial charge in [0.25, 0.3) is 5.91 Å². The second-order valence-electron chi connectivity index (χ2n) is 7.32. The van der Waals surface area contributed by atoms with E-state index >= 15 is 0 Å². The summed E-state index contributed by atoms with van der Waals surface area (Å²) in [7, 11) is 0. The fraction of sp³-hybridized carbons (Fsp3) is 0.120. The van der Waals surface area contributed by atoms with Crippen molar-refractivity contribution in [2.75, 3.05) is 0 Å². The van der Waals surface area contributed by atoms with Crippen molar-refractivity contribution < 1.29 is 14.3 Å². The van der Waals surface area contributed by atoms with E-state index in [2.05, 4.69) is 27.9 Å². The summed E-state index contributed by atoms with van der Waals surface area (Å²) in [5, 5.41) is 2.69. The maximum Gasteiger partial charge on any atom is 0.329 e. The molecule has 0 spiro atoms. The Labute approximate surface area is 194 Å². The number of nitrogens with one attached hydrogen (secondary N) is 1. The van der Waals surface area contributed by atoms with Gasteiger partial charge in [-0.15, -0.1) is 0 Å². The number of carbonyl (C=O) groups is 2. The van der Waals surface area contributed by atoms with E-state index in [-0.39, 0.29) is 18.1 Å². The van der Waals surface area contributed by atoms with Crippen LogP contribution >= 0.6 is 22.6 Å². The highest BCUT2D eigenvalue weighted by Crippen LogP contribution is 2.24. The van der Waals surface area contributed by atoms with Gasteiger partial charge in [-0.05, 0) is 64.9 Å². The van der Waals surface area contributed by atoms with E-state index in [1.165, 1.54) is 4.90 Å². The molecule has 0 radical (unpaired) electrons. The van der Waals surface area contributed by atoms with Gasteiger partial charge in [-0.25, -0.2) is 4.79 Å². The van der Waals surface area contributed by atoms with Crippen LogP contribution in [0.1, 0.15) is 22.3 Å². The van der Waals surface area contributed by atoms with Crippen LogP contribution in [0.5, 0.6) is 5.75 Å². The van der Waals surface area contributed by atoms with Gasteiger partial charge in [-0.1, -0.05) is 60.2 Å². The third-order valence-corrected chi connectivity index (χ3v) is 5.63. The van der Waals surface area contributed by atoms with E-state index < -0.39 is 6.03 Å². The molecule has 31 heavy (non-hydrogen) atoms. The van der Waals surface area contributed by atoms with E-state index in [9.17, 15) is 9.59 Å². The van der Waals surface area contributed by atoms with E-state index in [1.807, 2.05) is 79.7 Å². The number of hydrogen-bond acceptors (Lipinski definition) is 3. The van der Waals surface area contributed by atoms with Gasteiger partial charge in [0.15, 0.2) is 0 Å². The minimum Gasteiger partial charge on any atom is -0.488 e. The maximum absolute atomic E-state index is 12.9. The van der Waals surface area contributed by atoms with Gasteiger partial charge in [-0.2, -0.15) is 0 Å². The van der Waals surface area contributed by atoms with Crippen LogP contribution in [0.2, 0.25) is 0 Å². The van der Waals surface area contributed by atoms with Crippen molar-refractivity contribution in [2.45, 2.75) is 20.1 Å². The lowest BCUT2D eigenvalue weighted by atomic mass is 10.1. The Hall–Kier alpha value is -3.13. The molecule has 0 bridgehead atoms. The van der Waals surface area contributed by atoms with Crippen molar-refractivity contribution in [2.24, 2.45) is 0 Å². The molecule has 1 N–H and O–H groups in total. The molecule has 0 unspecified atom stereocenters. The number of para-hydroxylation sites is 1. The number of carbonyl (C=O) groups excluding carboxylic acids is 2. The average molecular weight is 524 g/mol. The number of ether oxygens (including phenoxy) is 1. The SMILES string of the molecule is Cc1cccc(CN2C(=O)N/C(=C/c3ccccc3OCc3ccc(I)cc3)C2=O)c1. The normalized spacial score (nSPS) is 14.8. The molecule has 1 heterocycles. The lowest BCUT2D eigenvalue weighted by molar-refractivity contribution is -0.123. The molecule has 0 saturated carbocycles. The van der Waals surface area contributed by atoms with Gasteiger partial charge in [0.2, 0.25) is 0 Å². The molecule has 4 rings (SSSR count). The smallest absolute Gasteiger partial charge is 0.329 e. The number of nitrogens with zero attached hydrogens (tertiary/aromatic N) is 1. The van der Waals surface area contributed by atoms with Gasteiger partial charge in [-0.3, -0.25) is 9.69 Å². The van der Waals surface area contributed by atoms with Crippen molar-refractivity contribution in [3.05, 3.63) is 104 Å². The molecule has 1 fully saturated rings. The van der Waals surface area contributed by atoms with Crippen LogP contribution in [0.3, 0.4) is 0 Å². The number of urea groups is 1. The minimum atomic E-state index is -0.421. The molecule has 1 aliphatic heterocycles. The third-order valence-electron chi connectivity index (χ3n) is 4.91. The highest BCUT2D eigenvalue weighted by atomic mass is 127. The number of hydrogen-bond donors (Lipinski definition) is 1. The van der Waals surface area contributed by atoms with Crippen molar-refractivity contribution in [3.8, 4) is 5.75 Å². The van der Waals surface area contributed by atoms with Crippen LogP contribution < -0.4 is 10.1 Å². The molecule has 6 heteroatoms. The number of benzene rings is 3. The van der Waals surface area contributed by atoms with Gasteiger partial charge < -0.3 is 10.1 Å². The first-order valence-corrected chi connectivity index (χ1v) is 10.9. The Morgan fingerprint density at radius 2 is 1.74 bits per heavy atom. The van der Waals surface area contributed by atoms with Gasteiger partial charge in [0, 0.05) is 9.13 Å². The first kappa shape index (κ1) is 21.1. The lowest BCUT2D eigenvalue weighted by Crippen LogP contribution is -2.30. The van der Waals surface area contributed by atoms with Crippen LogP contribution in [-0.2, 0) is 17.9 Å². The molecule has 5 nitrogen and oxygen atoms in total.